The van der Waals surface area contributed by atoms with Gasteiger partial charge in [0.05, 0.1) is 0 Å². The van der Waals surface area contributed by atoms with E-state index in [9.17, 15) is 0 Å². The molecular weight excluding hydrogens is 464 g/mol. The van der Waals surface area contributed by atoms with Crippen molar-refractivity contribution >= 4 is 20.2 Å². The zero-order chi connectivity index (χ0) is 26.5. The maximum Gasteiger partial charge on any atom is 0.500 e. The van der Waals surface area contributed by atoms with E-state index in [2.05, 4.69) is 82.3 Å². The molecule has 0 saturated carbocycles. The molecule has 1 heterocycles. The van der Waals surface area contributed by atoms with Crippen molar-refractivity contribution < 1.29 is 13.3 Å². The van der Waals surface area contributed by atoms with Gasteiger partial charge in [-0.3, -0.25) is 0 Å². The first-order valence-corrected chi connectivity index (χ1v) is 15.5. The van der Waals surface area contributed by atoms with Crippen molar-refractivity contribution in [3.8, 4) is 0 Å². The van der Waals surface area contributed by atoms with Gasteiger partial charge in [-0.1, -0.05) is 35.4 Å². The molecule has 0 amide bonds. The Bertz CT molecular complexity index is 962. The zero-order valence-electron chi connectivity index (χ0n) is 24.0. The molecule has 0 N–H and O–H groups in total. The summed E-state index contributed by atoms with van der Waals surface area (Å²) >= 11 is 0. The number of anilines is 2. The van der Waals surface area contributed by atoms with Gasteiger partial charge in [0, 0.05) is 49.8 Å². The fourth-order valence-electron chi connectivity index (χ4n) is 5.85. The third-order valence-corrected chi connectivity index (χ3v) is 10.0. The first-order valence-electron chi connectivity index (χ1n) is 13.5. The molecule has 6 heteroatoms. The largest absolute Gasteiger partial charge is 0.500 e. The molecule has 1 fully saturated rings. The van der Waals surface area contributed by atoms with Crippen molar-refractivity contribution in [3.05, 3.63) is 64.3 Å². The number of aryl methyl sites for hydroxylation is 6. The van der Waals surface area contributed by atoms with Crippen molar-refractivity contribution in [3.63, 3.8) is 0 Å². The van der Waals surface area contributed by atoms with Crippen LogP contribution >= 0.6 is 0 Å². The highest BCUT2D eigenvalue weighted by Gasteiger charge is 2.41. The molecule has 3 rings (SSSR count). The Morgan fingerprint density at radius 2 is 1.19 bits per heavy atom. The highest BCUT2D eigenvalue weighted by Crippen LogP contribution is 2.39. The highest BCUT2D eigenvalue weighted by molar-refractivity contribution is 6.60. The SMILES string of the molecule is CCO[Si](CCCC1CN(c2c(C)cc(C)cc2C)[C]N1c1c(C)cc(C)cc1C)(OCC)OCC. The lowest BCUT2D eigenvalue weighted by atomic mass is 10.0. The predicted molar refractivity (Wildman–Crippen MR) is 153 cm³/mol. The standard InChI is InChI=1S/C30H46N2O3Si/c1-10-33-36(34-11-2,35-12-3)15-13-14-28-20-31(29-24(6)16-22(4)17-25(29)7)21-32(28)30-26(8)18-23(5)19-27(30)9/h16-19,28H,10-15,20H2,1-9H3. The zero-order valence-corrected chi connectivity index (χ0v) is 25.0. The van der Waals surface area contributed by atoms with Crippen LogP contribution in [0.4, 0.5) is 11.4 Å². The van der Waals surface area contributed by atoms with E-state index in [0.717, 1.165) is 25.4 Å². The van der Waals surface area contributed by atoms with Crippen LogP contribution < -0.4 is 9.80 Å². The van der Waals surface area contributed by atoms with Gasteiger partial charge in [-0.2, -0.15) is 0 Å². The molecule has 0 aliphatic carbocycles. The average Bonchev–Trinajstić information content (AvgIpc) is 3.16. The lowest BCUT2D eigenvalue weighted by molar-refractivity contribution is 0.0706. The van der Waals surface area contributed by atoms with Crippen LogP contribution in [0.2, 0.25) is 6.04 Å². The van der Waals surface area contributed by atoms with Crippen LogP contribution in [0.1, 0.15) is 67.0 Å². The first kappa shape index (κ1) is 28.7. The average molecular weight is 511 g/mol. The summed E-state index contributed by atoms with van der Waals surface area (Å²) in [7, 11) is -2.66. The van der Waals surface area contributed by atoms with Gasteiger partial charge in [-0.05, 0) is 97.4 Å². The Balaban J connectivity index is 1.89. The maximum absolute atomic E-state index is 6.13. The van der Waals surface area contributed by atoms with E-state index in [1.54, 1.807) is 0 Å². The van der Waals surface area contributed by atoms with Crippen LogP contribution in [0.15, 0.2) is 24.3 Å². The molecule has 36 heavy (non-hydrogen) atoms. The fraction of sp³-hybridized carbons (Fsp3) is 0.567. The molecule has 198 valence electrons. The van der Waals surface area contributed by atoms with E-state index in [4.69, 9.17) is 13.3 Å². The molecule has 0 aromatic heterocycles. The first-order chi connectivity index (χ1) is 17.1. The summed E-state index contributed by atoms with van der Waals surface area (Å²) in [5.74, 6) is 0. The molecule has 0 bridgehead atoms. The maximum atomic E-state index is 6.13. The van der Waals surface area contributed by atoms with E-state index in [1.165, 1.54) is 44.8 Å². The van der Waals surface area contributed by atoms with Crippen molar-refractivity contribution in [2.45, 2.75) is 87.2 Å². The summed E-state index contributed by atoms with van der Waals surface area (Å²) < 4.78 is 18.4. The van der Waals surface area contributed by atoms with Gasteiger partial charge < -0.3 is 23.1 Å². The topological polar surface area (TPSA) is 34.2 Å². The molecule has 2 aromatic rings. The third-order valence-electron chi connectivity index (χ3n) is 6.88. The Kier molecular flexibility index (Phi) is 10.0. The molecule has 1 atom stereocenters. The molecule has 1 saturated heterocycles. The number of benzene rings is 2. The van der Waals surface area contributed by atoms with E-state index in [-0.39, 0.29) is 0 Å². The van der Waals surface area contributed by atoms with Gasteiger partial charge in [0.1, 0.15) is 0 Å². The smallest absolute Gasteiger partial charge is 0.374 e. The second-order valence-electron chi connectivity index (χ2n) is 10.1. The number of rotatable bonds is 12. The van der Waals surface area contributed by atoms with Crippen molar-refractivity contribution in [1.82, 2.24) is 0 Å². The van der Waals surface area contributed by atoms with Crippen molar-refractivity contribution in [2.24, 2.45) is 0 Å². The van der Waals surface area contributed by atoms with Crippen LogP contribution in [-0.4, -0.2) is 41.2 Å². The number of hydrogen-bond donors (Lipinski definition) is 0. The Labute approximate surface area is 221 Å². The summed E-state index contributed by atoms with van der Waals surface area (Å²) in [4.78, 5) is 4.74. The van der Waals surface area contributed by atoms with Gasteiger partial charge in [-0.25, -0.2) is 0 Å². The summed E-state index contributed by atoms with van der Waals surface area (Å²) in [6.07, 6.45) is 2.00. The third kappa shape index (κ3) is 6.52. The van der Waals surface area contributed by atoms with Gasteiger partial charge in [0.2, 0.25) is 6.67 Å². The Hall–Kier alpha value is -1.86. The Morgan fingerprint density at radius 1 is 0.750 bits per heavy atom. The molecule has 2 radical (unpaired) electrons. The second kappa shape index (κ2) is 12.6. The van der Waals surface area contributed by atoms with Gasteiger partial charge in [0.25, 0.3) is 0 Å². The molecule has 2 aromatic carbocycles. The number of nitrogens with zero attached hydrogens (tertiary/aromatic N) is 2. The molecule has 1 aliphatic heterocycles. The fourth-order valence-corrected chi connectivity index (χ4v) is 8.48. The lowest BCUT2D eigenvalue weighted by Gasteiger charge is -2.30. The quantitative estimate of drug-likeness (QED) is 0.286. The molecular formula is C30H46N2O3Si. The predicted octanol–water partition coefficient (Wildman–Crippen LogP) is 7.06. The lowest BCUT2D eigenvalue weighted by Crippen LogP contribution is -2.46. The normalized spacial score (nSPS) is 16.3. The molecule has 1 unspecified atom stereocenters. The Morgan fingerprint density at radius 3 is 1.64 bits per heavy atom. The van der Waals surface area contributed by atoms with Crippen LogP contribution in [0.5, 0.6) is 0 Å². The van der Waals surface area contributed by atoms with Crippen molar-refractivity contribution in [2.75, 3.05) is 36.2 Å². The number of hydrogen-bond acceptors (Lipinski definition) is 5. The van der Waals surface area contributed by atoms with E-state index in [1.807, 2.05) is 20.8 Å². The van der Waals surface area contributed by atoms with E-state index < -0.39 is 8.80 Å². The summed E-state index contributed by atoms with van der Waals surface area (Å²) in [6.45, 7) is 25.8. The summed E-state index contributed by atoms with van der Waals surface area (Å²) in [5, 5.41) is 0. The van der Waals surface area contributed by atoms with E-state index in [0.29, 0.717) is 25.9 Å². The van der Waals surface area contributed by atoms with Gasteiger partial charge in [0.15, 0.2) is 0 Å². The van der Waals surface area contributed by atoms with Gasteiger partial charge >= 0.3 is 8.80 Å². The van der Waals surface area contributed by atoms with Crippen molar-refractivity contribution in [1.29, 1.82) is 0 Å². The molecule has 0 spiro atoms. The molecule has 5 nitrogen and oxygen atoms in total. The van der Waals surface area contributed by atoms with Crippen LogP contribution in [0.3, 0.4) is 0 Å². The van der Waals surface area contributed by atoms with Crippen LogP contribution in [0.25, 0.3) is 0 Å². The monoisotopic (exact) mass is 510 g/mol. The summed E-state index contributed by atoms with van der Waals surface area (Å²) in [5.41, 5.74) is 10.3. The second-order valence-corrected chi connectivity index (χ2v) is 12.8. The minimum absolute atomic E-state index is 0.307. The van der Waals surface area contributed by atoms with Crippen LogP contribution in [0, 0.1) is 48.2 Å². The molecule has 1 aliphatic rings. The minimum Gasteiger partial charge on any atom is -0.374 e. The van der Waals surface area contributed by atoms with E-state index >= 15 is 0 Å². The highest BCUT2D eigenvalue weighted by atomic mass is 28.4. The minimum atomic E-state index is -2.66. The van der Waals surface area contributed by atoms with Gasteiger partial charge in [-0.15, -0.1) is 0 Å². The summed E-state index contributed by atoms with van der Waals surface area (Å²) in [6, 6.07) is 10.3. The van der Waals surface area contributed by atoms with Crippen LogP contribution in [-0.2, 0) is 13.3 Å².